The van der Waals surface area contributed by atoms with Crippen molar-refractivity contribution in [3.63, 3.8) is 0 Å². The predicted octanol–water partition coefficient (Wildman–Crippen LogP) is 3.03. The lowest BCUT2D eigenvalue weighted by Crippen LogP contribution is -2.23. The number of aromatic nitrogens is 3. The van der Waals surface area contributed by atoms with Gasteiger partial charge in [0.2, 0.25) is 4.96 Å². The lowest BCUT2D eigenvalue weighted by Gasteiger charge is -2.02. The van der Waals surface area contributed by atoms with Gasteiger partial charge in [-0.15, -0.1) is 10.2 Å². The largest absolute Gasteiger partial charge is 0.496 e. The molecule has 0 radical (unpaired) electrons. The maximum absolute atomic E-state index is 12.9. The molecule has 0 unspecified atom stereocenters. The van der Waals surface area contributed by atoms with Crippen molar-refractivity contribution in [2.75, 3.05) is 7.11 Å². The Morgan fingerprint density at radius 3 is 2.68 bits per heavy atom. The van der Waals surface area contributed by atoms with E-state index in [9.17, 15) is 4.79 Å². The van der Waals surface area contributed by atoms with Crippen LogP contribution in [0, 0.1) is 0 Å². The zero-order valence-corrected chi connectivity index (χ0v) is 14.7. The zero-order valence-electron chi connectivity index (χ0n) is 13.1. The van der Waals surface area contributed by atoms with Crippen LogP contribution in [-0.4, -0.2) is 21.7 Å². The molecule has 0 spiro atoms. The van der Waals surface area contributed by atoms with Crippen LogP contribution < -0.4 is 14.8 Å². The number of halogens is 1. The minimum absolute atomic E-state index is 0.175. The predicted molar refractivity (Wildman–Crippen MR) is 99.4 cm³/mol. The molecule has 4 rings (SSSR count). The molecule has 0 aliphatic rings. The summed E-state index contributed by atoms with van der Waals surface area (Å²) in [4.78, 5) is 13.4. The quantitative estimate of drug-likeness (QED) is 0.557. The van der Waals surface area contributed by atoms with Gasteiger partial charge in [-0.25, -0.2) is 4.40 Å². The SMILES string of the molecule is COc1ccccc1/C=c1/sc2nnc(-c3ccccc3Cl)n2c1=O. The Bertz CT molecular complexity index is 1180. The monoisotopic (exact) mass is 369 g/mol. The van der Waals surface area contributed by atoms with Crippen molar-refractivity contribution in [2.45, 2.75) is 0 Å². The molecule has 0 bridgehead atoms. The second-order valence-corrected chi connectivity index (χ2v) is 6.70. The van der Waals surface area contributed by atoms with Gasteiger partial charge in [0, 0.05) is 11.1 Å². The third-order valence-corrected chi connectivity index (χ3v) is 5.08. The second-order valence-electron chi connectivity index (χ2n) is 5.28. The Labute approximate surface area is 151 Å². The molecule has 2 aromatic carbocycles. The molecule has 0 amide bonds. The number of nitrogens with zero attached hydrogens (tertiary/aromatic N) is 3. The van der Waals surface area contributed by atoms with Crippen molar-refractivity contribution in [3.05, 3.63) is 74.0 Å². The van der Waals surface area contributed by atoms with E-state index in [-0.39, 0.29) is 5.56 Å². The van der Waals surface area contributed by atoms with E-state index in [1.165, 1.54) is 15.7 Å². The highest BCUT2D eigenvalue weighted by molar-refractivity contribution is 7.15. The van der Waals surface area contributed by atoms with Gasteiger partial charge in [0.25, 0.3) is 5.56 Å². The van der Waals surface area contributed by atoms with E-state index in [1.807, 2.05) is 42.5 Å². The number of para-hydroxylation sites is 1. The maximum Gasteiger partial charge on any atom is 0.276 e. The van der Waals surface area contributed by atoms with Crippen molar-refractivity contribution in [2.24, 2.45) is 0 Å². The van der Waals surface area contributed by atoms with E-state index in [2.05, 4.69) is 10.2 Å². The van der Waals surface area contributed by atoms with Crippen LogP contribution in [0.5, 0.6) is 5.75 Å². The van der Waals surface area contributed by atoms with E-state index < -0.39 is 0 Å². The number of benzene rings is 2. The van der Waals surface area contributed by atoms with Gasteiger partial charge in [-0.3, -0.25) is 4.79 Å². The van der Waals surface area contributed by atoms with Crippen molar-refractivity contribution in [3.8, 4) is 17.1 Å². The number of rotatable bonds is 3. The van der Waals surface area contributed by atoms with E-state index in [0.717, 1.165) is 5.56 Å². The molecule has 124 valence electrons. The van der Waals surface area contributed by atoms with E-state index in [1.54, 1.807) is 19.3 Å². The number of thiazole rings is 1. The summed E-state index contributed by atoms with van der Waals surface area (Å²) >= 11 is 7.52. The number of fused-ring (bicyclic) bond motifs is 1. The minimum atomic E-state index is -0.175. The molecule has 0 saturated carbocycles. The van der Waals surface area contributed by atoms with Crippen LogP contribution in [0.1, 0.15) is 5.56 Å². The summed E-state index contributed by atoms with van der Waals surface area (Å²) in [7, 11) is 1.60. The molecule has 0 fully saturated rings. The molecule has 7 heteroatoms. The molecule has 2 aromatic heterocycles. The summed E-state index contributed by atoms with van der Waals surface area (Å²) in [5.74, 6) is 1.15. The van der Waals surface area contributed by atoms with Crippen molar-refractivity contribution < 1.29 is 4.74 Å². The summed E-state index contributed by atoms with van der Waals surface area (Å²) in [5, 5.41) is 8.78. The fraction of sp³-hybridized carbons (Fsp3) is 0.0556. The molecule has 0 saturated heterocycles. The number of hydrogen-bond acceptors (Lipinski definition) is 5. The topological polar surface area (TPSA) is 56.5 Å². The molecular weight excluding hydrogens is 358 g/mol. The average Bonchev–Trinajstić information content (AvgIpc) is 3.17. The first-order valence-electron chi connectivity index (χ1n) is 7.46. The van der Waals surface area contributed by atoms with E-state index in [4.69, 9.17) is 16.3 Å². The zero-order chi connectivity index (χ0) is 17.4. The van der Waals surface area contributed by atoms with Gasteiger partial charge in [-0.2, -0.15) is 0 Å². The van der Waals surface area contributed by atoms with Gasteiger partial charge in [-0.05, 0) is 24.3 Å². The van der Waals surface area contributed by atoms with Gasteiger partial charge in [0.05, 0.1) is 16.7 Å². The Balaban J connectivity index is 1.95. The fourth-order valence-electron chi connectivity index (χ4n) is 2.61. The van der Waals surface area contributed by atoms with Crippen molar-refractivity contribution >= 4 is 34.0 Å². The summed E-state index contributed by atoms with van der Waals surface area (Å²) < 4.78 is 7.39. The van der Waals surface area contributed by atoms with Gasteiger partial charge in [0.15, 0.2) is 5.82 Å². The van der Waals surface area contributed by atoms with E-state index in [0.29, 0.717) is 31.7 Å². The molecular formula is C18H12ClN3O2S. The normalized spacial score (nSPS) is 12.0. The van der Waals surface area contributed by atoms with Crippen molar-refractivity contribution in [1.82, 2.24) is 14.6 Å². The minimum Gasteiger partial charge on any atom is -0.496 e. The highest BCUT2D eigenvalue weighted by Crippen LogP contribution is 2.26. The molecule has 0 atom stereocenters. The van der Waals surface area contributed by atoms with Gasteiger partial charge < -0.3 is 4.74 Å². The highest BCUT2D eigenvalue weighted by atomic mass is 35.5. The molecule has 4 aromatic rings. The van der Waals surface area contributed by atoms with E-state index >= 15 is 0 Å². The molecule has 0 aliphatic carbocycles. The lowest BCUT2D eigenvalue weighted by atomic mass is 10.2. The summed E-state index contributed by atoms with van der Waals surface area (Å²) in [6.07, 6.45) is 1.80. The Morgan fingerprint density at radius 1 is 1.12 bits per heavy atom. The van der Waals surface area contributed by atoms with Crippen LogP contribution in [-0.2, 0) is 0 Å². The molecule has 5 nitrogen and oxygen atoms in total. The third kappa shape index (κ3) is 2.69. The molecule has 0 aliphatic heterocycles. The lowest BCUT2D eigenvalue weighted by molar-refractivity contribution is 0.414. The van der Waals surface area contributed by atoms with Crippen LogP contribution in [0.4, 0.5) is 0 Å². The van der Waals surface area contributed by atoms with Crippen LogP contribution in [0.2, 0.25) is 5.02 Å². The number of ether oxygens (including phenoxy) is 1. The summed E-state index contributed by atoms with van der Waals surface area (Å²) in [6.45, 7) is 0. The number of hydrogen-bond donors (Lipinski definition) is 0. The van der Waals surface area contributed by atoms with Crippen LogP contribution >= 0.6 is 22.9 Å². The fourth-order valence-corrected chi connectivity index (χ4v) is 3.73. The Hall–Kier alpha value is -2.70. The molecule has 25 heavy (non-hydrogen) atoms. The number of methoxy groups -OCH3 is 1. The summed E-state index contributed by atoms with van der Waals surface area (Å²) in [6, 6.07) is 14.8. The average molecular weight is 370 g/mol. The summed E-state index contributed by atoms with van der Waals surface area (Å²) in [5.41, 5.74) is 1.33. The molecule has 0 N–H and O–H groups in total. The van der Waals surface area contributed by atoms with Gasteiger partial charge in [0.1, 0.15) is 5.75 Å². The standard InChI is InChI=1S/C18H12ClN3O2S/c1-24-14-9-5-2-6-11(14)10-15-17(23)22-16(20-21-18(22)25-15)12-7-3-4-8-13(12)19/h2-10H,1H3/b15-10+. The van der Waals surface area contributed by atoms with Crippen molar-refractivity contribution in [1.29, 1.82) is 0 Å². The molecule has 2 heterocycles. The first-order valence-corrected chi connectivity index (χ1v) is 8.66. The van der Waals surface area contributed by atoms with Gasteiger partial charge >= 0.3 is 0 Å². The second kappa shape index (κ2) is 6.31. The Morgan fingerprint density at radius 2 is 1.88 bits per heavy atom. The van der Waals surface area contributed by atoms with Gasteiger partial charge in [-0.1, -0.05) is 53.3 Å². The first kappa shape index (κ1) is 15.8. The maximum atomic E-state index is 12.9. The third-order valence-electron chi connectivity index (χ3n) is 3.79. The Kier molecular flexibility index (Phi) is 3.99. The van der Waals surface area contributed by atoms with Crippen LogP contribution in [0.15, 0.2) is 53.3 Å². The van der Waals surface area contributed by atoms with Crippen LogP contribution in [0.3, 0.4) is 0 Å². The smallest absolute Gasteiger partial charge is 0.276 e. The highest BCUT2D eigenvalue weighted by Gasteiger charge is 2.16. The first-order chi connectivity index (χ1) is 12.2. The van der Waals surface area contributed by atoms with Crippen LogP contribution in [0.25, 0.3) is 22.4 Å².